The zero-order valence-electron chi connectivity index (χ0n) is 20.1. The van der Waals surface area contributed by atoms with Gasteiger partial charge in [0, 0.05) is 12.4 Å². The molecule has 0 atom stereocenters. The fraction of sp³-hybridized carbons (Fsp3) is 0.269. The number of aromatic nitrogens is 2. The van der Waals surface area contributed by atoms with Crippen LogP contribution in [-0.4, -0.2) is 36.7 Å². The molecular weight excluding hydrogens is 482 g/mol. The van der Waals surface area contributed by atoms with Crippen LogP contribution in [-0.2, 0) is 27.6 Å². The lowest BCUT2D eigenvalue weighted by Crippen LogP contribution is -2.31. The van der Waals surface area contributed by atoms with Crippen molar-refractivity contribution in [3.05, 3.63) is 77.6 Å². The van der Waals surface area contributed by atoms with Crippen LogP contribution in [0.4, 0.5) is 5.13 Å². The predicted octanol–water partition coefficient (Wildman–Crippen LogP) is 4.97. The molecule has 4 aromatic rings. The number of carbonyl (C=O) groups excluding carboxylic acids is 1. The van der Waals surface area contributed by atoms with E-state index in [1.807, 2.05) is 31.2 Å². The molecule has 2 heterocycles. The summed E-state index contributed by atoms with van der Waals surface area (Å²) in [6.45, 7) is 5.62. The van der Waals surface area contributed by atoms with Crippen LogP contribution in [0.2, 0.25) is 0 Å². The van der Waals surface area contributed by atoms with Crippen LogP contribution in [0.1, 0.15) is 30.5 Å². The van der Waals surface area contributed by atoms with Gasteiger partial charge < -0.3 is 4.74 Å². The number of sulfone groups is 1. The first kappa shape index (κ1) is 24.8. The summed E-state index contributed by atoms with van der Waals surface area (Å²) in [4.78, 5) is 24.4. The van der Waals surface area contributed by atoms with Crippen molar-refractivity contribution >= 4 is 42.4 Å². The topological polar surface area (TPSA) is 89.5 Å². The van der Waals surface area contributed by atoms with Gasteiger partial charge in [-0.1, -0.05) is 35.6 Å². The largest absolute Gasteiger partial charge is 0.494 e. The molecule has 182 valence electrons. The summed E-state index contributed by atoms with van der Waals surface area (Å²) in [5, 5.41) is 0.0601. The van der Waals surface area contributed by atoms with Crippen LogP contribution in [0, 0.1) is 6.92 Å². The fourth-order valence-corrected chi connectivity index (χ4v) is 5.78. The first-order chi connectivity index (χ1) is 16.7. The van der Waals surface area contributed by atoms with Gasteiger partial charge in [-0.15, -0.1) is 0 Å². The molecule has 2 aromatic heterocycles. The van der Waals surface area contributed by atoms with E-state index in [-0.39, 0.29) is 17.2 Å². The minimum absolute atomic E-state index is 0.105. The van der Waals surface area contributed by atoms with Crippen LogP contribution in [0.3, 0.4) is 0 Å². The highest BCUT2D eigenvalue weighted by molar-refractivity contribution is 7.92. The van der Waals surface area contributed by atoms with Crippen LogP contribution in [0.25, 0.3) is 10.2 Å². The molecule has 0 fully saturated rings. The SMILES string of the molecule is COc1ccc(C)c2sc(N(Cc3cccnc3)C(=O)Cc3ccc(S(=O)(=O)C(C)C)cc3)nc12. The van der Waals surface area contributed by atoms with E-state index in [1.54, 1.807) is 62.5 Å². The summed E-state index contributed by atoms with van der Waals surface area (Å²) >= 11 is 1.44. The summed E-state index contributed by atoms with van der Waals surface area (Å²) in [6, 6.07) is 14.1. The maximum atomic E-state index is 13.5. The summed E-state index contributed by atoms with van der Waals surface area (Å²) in [5.74, 6) is 0.507. The van der Waals surface area contributed by atoms with Gasteiger partial charge in [0.1, 0.15) is 11.3 Å². The van der Waals surface area contributed by atoms with E-state index in [0.29, 0.717) is 17.4 Å². The molecule has 0 radical (unpaired) electrons. The summed E-state index contributed by atoms with van der Waals surface area (Å²) in [7, 11) is -1.77. The number of ether oxygens (including phenoxy) is 1. The van der Waals surface area contributed by atoms with Crippen molar-refractivity contribution in [2.24, 2.45) is 0 Å². The Morgan fingerprint density at radius 1 is 1.09 bits per heavy atom. The number of pyridine rings is 1. The zero-order valence-corrected chi connectivity index (χ0v) is 21.7. The molecule has 9 heteroatoms. The molecule has 0 saturated carbocycles. The zero-order chi connectivity index (χ0) is 25.2. The van der Waals surface area contributed by atoms with Gasteiger partial charge >= 0.3 is 0 Å². The quantitative estimate of drug-likeness (QED) is 0.333. The molecular formula is C26H27N3O4S2. The van der Waals surface area contributed by atoms with Crippen molar-refractivity contribution in [2.45, 2.75) is 43.9 Å². The lowest BCUT2D eigenvalue weighted by molar-refractivity contribution is -0.118. The Kier molecular flexibility index (Phi) is 7.18. The lowest BCUT2D eigenvalue weighted by Gasteiger charge is -2.20. The number of amides is 1. The van der Waals surface area contributed by atoms with Gasteiger partial charge in [0.05, 0.1) is 34.9 Å². The Morgan fingerprint density at radius 3 is 2.46 bits per heavy atom. The molecule has 0 aliphatic carbocycles. The van der Waals surface area contributed by atoms with Crippen molar-refractivity contribution < 1.29 is 17.9 Å². The molecule has 0 unspecified atom stereocenters. The van der Waals surface area contributed by atoms with Crippen molar-refractivity contribution in [1.29, 1.82) is 0 Å². The molecule has 0 aliphatic rings. The highest BCUT2D eigenvalue weighted by atomic mass is 32.2. The first-order valence-corrected chi connectivity index (χ1v) is 13.5. The van der Waals surface area contributed by atoms with Crippen molar-refractivity contribution in [2.75, 3.05) is 12.0 Å². The molecule has 0 aliphatic heterocycles. The van der Waals surface area contributed by atoms with Gasteiger partial charge in [0.15, 0.2) is 15.0 Å². The standard InChI is InChI=1S/C26H27N3O4S2/c1-17(2)35(31,32)21-10-8-19(9-11-21)14-23(30)29(16-20-6-5-13-27-15-20)26-28-24-22(33-4)12-7-18(3)25(24)34-26/h5-13,15,17H,14,16H2,1-4H3. The van der Waals surface area contributed by atoms with E-state index in [9.17, 15) is 13.2 Å². The second kappa shape index (κ2) is 10.1. The number of thiazole rings is 1. The number of hydrogen-bond acceptors (Lipinski definition) is 7. The lowest BCUT2D eigenvalue weighted by atomic mass is 10.1. The number of rotatable bonds is 8. The molecule has 0 N–H and O–H groups in total. The average molecular weight is 510 g/mol. The van der Waals surface area contributed by atoms with Gasteiger partial charge in [0.25, 0.3) is 0 Å². The van der Waals surface area contributed by atoms with Crippen molar-refractivity contribution in [3.63, 3.8) is 0 Å². The summed E-state index contributed by atoms with van der Waals surface area (Å²) in [5.41, 5.74) is 3.38. The van der Waals surface area contributed by atoms with Crippen molar-refractivity contribution in [3.8, 4) is 5.75 Å². The summed E-state index contributed by atoms with van der Waals surface area (Å²) in [6.07, 6.45) is 3.52. The molecule has 0 saturated heterocycles. The second-order valence-corrected chi connectivity index (χ2v) is 12.0. The third-order valence-electron chi connectivity index (χ3n) is 5.74. The molecule has 1 amide bonds. The van der Waals surface area contributed by atoms with Crippen LogP contribution in [0.5, 0.6) is 5.75 Å². The van der Waals surface area contributed by atoms with E-state index >= 15 is 0 Å². The van der Waals surface area contributed by atoms with E-state index in [2.05, 4.69) is 4.98 Å². The van der Waals surface area contributed by atoms with Crippen molar-refractivity contribution in [1.82, 2.24) is 9.97 Å². The Bertz CT molecular complexity index is 1450. The molecule has 0 spiro atoms. The number of aryl methyl sites for hydroxylation is 1. The van der Waals surface area contributed by atoms with Crippen LogP contribution >= 0.6 is 11.3 Å². The minimum Gasteiger partial charge on any atom is -0.494 e. The number of hydrogen-bond donors (Lipinski definition) is 0. The summed E-state index contributed by atoms with van der Waals surface area (Å²) < 4.78 is 31.3. The maximum Gasteiger partial charge on any atom is 0.233 e. The Morgan fingerprint density at radius 2 is 1.83 bits per heavy atom. The van der Waals surface area contributed by atoms with E-state index in [4.69, 9.17) is 9.72 Å². The number of anilines is 1. The van der Waals surface area contributed by atoms with Gasteiger partial charge in [0.2, 0.25) is 5.91 Å². The normalized spacial score (nSPS) is 11.7. The Hall–Kier alpha value is -3.30. The number of benzene rings is 2. The third kappa shape index (κ3) is 5.21. The van der Waals surface area contributed by atoms with E-state index in [1.165, 1.54) is 11.3 Å². The third-order valence-corrected chi connectivity index (χ3v) is 9.12. The Labute approximate surface area is 209 Å². The Balaban J connectivity index is 1.68. The number of fused-ring (bicyclic) bond motifs is 1. The highest BCUT2D eigenvalue weighted by Crippen LogP contribution is 2.37. The number of carbonyl (C=O) groups is 1. The van der Waals surface area contributed by atoms with E-state index < -0.39 is 15.1 Å². The van der Waals surface area contributed by atoms with Crippen LogP contribution in [0.15, 0.2) is 65.8 Å². The molecule has 35 heavy (non-hydrogen) atoms. The average Bonchev–Trinajstić information content (AvgIpc) is 3.30. The maximum absolute atomic E-state index is 13.5. The number of methoxy groups -OCH3 is 1. The highest BCUT2D eigenvalue weighted by Gasteiger charge is 2.23. The molecule has 7 nitrogen and oxygen atoms in total. The first-order valence-electron chi connectivity index (χ1n) is 11.2. The van der Waals surface area contributed by atoms with E-state index in [0.717, 1.165) is 26.9 Å². The van der Waals surface area contributed by atoms with Crippen LogP contribution < -0.4 is 9.64 Å². The predicted molar refractivity (Wildman–Crippen MR) is 139 cm³/mol. The number of nitrogens with zero attached hydrogens (tertiary/aromatic N) is 3. The van der Waals surface area contributed by atoms with Gasteiger partial charge in [-0.3, -0.25) is 14.7 Å². The van der Waals surface area contributed by atoms with Gasteiger partial charge in [-0.25, -0.2) is 13.4 Å². The molecule has 0 bridgehead atoms. The smallest absolute Gasteiger partial charge is 0.233 e. The fourth-order valence-electron chi connectivity index (χ4n) is 3.65. The minimum atomic E-state index is -3.37. The molecule has 4 rings (SSSR count). The molecule has 2 aromatic carbocycles. The monoisotopic (exact) mass is 509 g/mol. The second-order valence-electron chi connectivity index (χ2n) is 8.51. The van der Waals surface area contributed by atoms with Gasteiger partial charge in [-0.2, -0.15) is 0 Å². The van der Waals surface area contributed by atoms with Gasteiger partial charge in [-0.05, 0) is 61.7 Å².